The monoisotopic (exact) mass is 351 g/mol. The third-order valence-electron chi connectivity index (χ3n) is 4.26. The number of carboxylic acids is 1. The summed E-state index contributed by atoms with van der Waals surface area (Å²) in [6.07, 6.45) is 1.79. The smallest absolute Gasteiger partial charge is 0.335 e. The van der Waals surface area contributed by atoms with E-state index in [1.165, 1.54) is 0 Å². The molecule has 0 fully saturated rings. The molecule has 0 aliphatic carbocycles. The Morgan fingerprint density at radius 1 is 0.962 bits per heavy atom. The van der Waals surface area contributed by atoms with Gasteiger partial charge in [-0.15, -0.1) is 0 Å². The summed E-state index contributed by atoms with van der Waals surface area (Å²) < 4.78 is 0. The Morgan fingerprint density at radius 2 is 1.50 bits per heavy atom. The molecule has 0 aliphatic heterocycles. The minimum absolute atomic E-state index is 0.147. The highest BCUT2D eigenvalue weighted by molar-refractivity contribution is 6.00. The standard InChI is InChI=1S/C22H25NO3/c1-14(18-10-11-20(24)19(12-18)22(3,4)5)13-23-15(2)16-6-8-17(9-7-16)21(25)26/h6-13,24H,1-5H3,(H,25,26)/b14-13+,23-15?. The largest absolute Gasteiger partial charge is 0.508 e. The molecule has 0 bridgehead atoms. The molecule has 0 saturated carbocycles. The highest BCUT2D eigenvalue weighted by Gasteiger charge is 2.18. The number of hydrogen-bond donors (Lipinski definition) is 2. The molecule has 2 N–H and O–H groups in total. The zero-order valence-corrected chi connectivity index (χ0v) is 15.9. The Labute approximate surface area is 154 Å². The number of allylic oxidation sites excluding steroid dienone is 1. The van der Waals surface area contributed by atoms with E-state index >= 15 is 0 Å². The summed E-state index contributed by atoms with van der Waals surface area (Å²) in [4.78, 5) is 15.4. The van der Waals surface area contributed by atoms with Crippen molar-refractivity contribution in [2.45, 2.75) is 40.0 Å². The maximum Gasteiger partial charge on any atom is 0.335 e. The van der Waals surface area contributed by atoms with E-state index in [2.05, 4.69) is 25.8 Å². The molecule has 0 saturated heterocycles. The molecule has 0 amide bonds. The number of hydrogen-bond acceptors (Lipinski definition) is 3. The number of phenolic OH excluding ortho intramolecular Hbond substituents is 1. The molecule has 0 aromatic heterocycles. The van der Waals surface area contributed by atoms with Crippen molar-refractivity contribution < 1.29 is 15.0 Å². The van der Waals surface area contributed by atoms with Gasteiger partial charge in [-0.25, -0.2) is 4.79 Å². The van der Waals surface area contributed by atoms with Gasteiger partial charge < -0.3 is 10.2 Å². The average molecular weight is 351 g/mol. The van der Waals surface area contributed by atoms with Crippen molar-refractivity contribution in [2.75, 3.05) is 0 Å². The van der Waals surface area contributed by atoms with Crippen molar-refractivity contribution in [1.82, 2.24) is 0 Å². The topological polar surface area (TPSA) is 69.9 Å². The van der Waals surface area contributed by atoms with E-state index in [9.17, 15) is 9.90 Å². The summed E-state index contributed by atoms with van der Waals surface area (Å²) in [5, 5.41) is 19.0. The second kappa shape index (κ2) is 7.56. The highest BCUT2D eigenvalue weighted by atomic mass is 16.4. The van der Waals surface area contributed by atoms with Crippen molar-refractivity contribution >= 4 is 17.3 Å². The van der Waals surface area contributed by atoms with E-state index in [0.717, 1.165) is 28.0 Å². The van der Waals surface area contributed by atoms with E-state index in [1.54, 1.807) is 36.5 Å². The maximum atomic E-state index is 10.9. The first-order valence-corrected chi connectivity index (χ1v) is 8.48. The Morgan fingerprint density at radius 3 is 2.04 bits per heavy atom. The third kappa shape index (κ3) is 4.60. The third-order valence-corrected chi connectivity index (χ3v) is 4.26. The molecule has 2 aromatic carbocycles. The van der Waals surface area contributed by atoms with E-state index in [0.29, 0.717) is 5.75 Å². The Hall–Kier alpha value is -2.88. The number of nitrogens with zero attached hydrogens (tertiary/aromatic N) is 1. The molecule has 4 heteroatoms. The van der Waals surface area contributed by atoms with Crippen LogP contribution in [0.4, 0.5) is 0 Å². The predicted octanol–water partition coefficient (Wildman–Crippen LogP) is 5.26. The first-order valence-electron chi connectivity index (χ1n) is 8.48. The predicted molar refractivity (Wildman–Crippen MR) is 106 cm³/mol. The normalized spacial score (nSPS) is 13.0. The van der Waals surface area contributed by atoms with Crippen LogP contribution >= 0.6 is 0 Å². The molecule has 0 heterocycles. The molecule has 0 aliphatic rings. The Balaban J connectivity index is 2.29. The number of aromatic carboxylic acids is 1. The summed E-state index contributed by atoms with van der Waals surface area (Å²) in [6, 6.07) is 12.2. The number of carbonyl (C=O) groups is 1. The van der Waals surface area contributed by atoms with E-state index in [4.69, 9.17) is 5.11 Å². The molecule has 0 radical (unpaired) electrons. The van der Waals surface area contributed by atoms with Gasteiger partial charge in [0.1, 0.15) is 5.75 Å². The molecule has 26 heavy (non-hydrogen) atoms. The molecule has 136 valence electrons. The summed E-state index contributed by atoms with van der Waals surface area (Å²) in [5.74, 6) is -0.642. The lowest BCUT2D eigenvalue weighted by Crippen LogP contribution is -2.11. The van der Waals surface area contributed by atoms with Gasteiger partial charge in [0.15, 0.2) is 0 Å². The van der Waals surface area contributed by atoms with Crippen molar-refractivity contribution in [1.29, 1.82) is 0 Å². The summed E-state index contributed by atoms with van der Waals surface area (Å²) in [7, 11) is 0. The fourth-order valence-electron chi connectivity index (χ4n) is 2.58. The lowest BCUT2D eigenvalue weighted by molar-refractivity contribution is 0.0697. The molecule has 4 nitrogen and oxygen atoms in total. The zero-order chi connectivity index (χ0) is 19.5. The second-order valence-corrected chi connectivity index (χ2v) is 7.39. The van der Waals surface area contributed by atoms with Crippen molar-refractivity contribution in [3.8, 4) is 5.75 Å². The number of aliphatic imine (C=N–C) groups is 1. The van der Waals surface area contributed by atoms with Gasteiger partial charge in [0.05, 0.1) is 5.56 Å². The molecule has 2 rings (SSSR count). The maximum absolute atomic E-state index is 10.9. The van der Waals surface area contributed by atoms with Crippen molar-refractivity contribution in [3.63, 3.8) is 0 Å². The van der Waals surface area contributed by atoms with Crippen LogP contribution in [0, 0.1) is 0 Å². The van der Waals surface area contributed by atoms with Gasteiger partial charge in [0.2, 0.25) is 0 Å². The van der Waals surface area contributed by atoms with Gasteiger partial charge in [-0.2, -0.15) is 0 Å². The Bertz CT molecular complexity index is 869. The van der Waals surface area contributed by atoms with Crippen molar-refractivity contribution in [2.24, 2.45) is 4.99 Å². The van der Waals surface area contributed by atoms with Crippen LogP contribution in [-0.4, -0.2) is 21.9 Å². The fraction of sp³-hybridized carbons (Fsp3) is 0.273. The molecule has 0 unspecified atom stereocenters. The van der Waals surface area contributed by atoms with Crippen LogP contribution in [0.3, 0.4) is 0 Å². The van der Waals surface area contributed by atoms with Crippen LogP contribution in [0.2, 0.25) is 0 Å². The van der Waals surface area contributed by atoms with E-state index in [1.807, 2.05) is 26.0 Å². The Kier molecular flexibility index (Phi) is 5.66. The fourth-order valence-corrected chi connectivity index (χ4v) is 2.58. The lowest BCUT2D eigenvalue weighted by Gasteiger charge is -2.21. The number of phenols is 1. The quantitative estimate of drug-likeness (QED) is 0.738. The summed E-state index contributed by atoms with van der Waals surface area (Å²) in [6.45, 7) is 10.1. The van der Waals surface area contributed by atoms with Crippen LogP contribution in [0.1, 0.15) is 61.7 Å². The van der Waals surface area contributed by atoms with Gasteiger partial charge in [0, 0.05) is 11.9 Å². The van der Waals surface area contributed by atoms with Gasteiger partial charge in [0.25, 0.3) is 0 Å². The first kappa shape index (κ1) is 19.4. The van der Waals surface area contributed by atoms with Gasteiger partial charge in [-0.1, -0.05) is 39.0 Å². The first-order chi connectivity index (χ1) is 12.1. The van der Waals surface area contributed by atoms with Crippen LogP contribution in [-0.2, 0) is 5.41 Å². The van der Waals surface area contributed by atoms with E-state index in [-0.39, 0.29) is 11.0 Å². The molecule has 2 aromatic rings. The molecule has 0 spiro atoms. The van der Waals surface area contributed by atoms with Crippen LogP contribution in [0.15, 0.2) is 53.7 Å². The van der Waals surface area contributed by atoms with Crippen LogP contribution in [0.25, 0.3) is 5.57 Å². The highest BCUT2D eigenvalue weighted by Crippen LogP contribution is 2.32. The summed E-state index contributed by atoms with van der Waals surface area (Å²) >= 11 is 0. The van der Waals surface area contributed by atoms with Gasteiger partial charge in [-0.3, -0.25) is 4.99 Å². The van der Waals surface area contributed by atoms with Crippen LogP contribution in [0.5, 0.6) is 5.75 Å². The number of benzene rings is 2. The zero-order valence-electron chi connectivity index (χ0n) is 15.9. The molecular weight excluding hydrogens is 326 g/mol. The number of aromatic hydroxyl groups is 1. The van der Waals surface area contributed by atoms with Gasteiger partial charge in [-0.05, 0) is 65.8 Å². The molecule has 0 atom stereocenters. The minimum atomic E-state index is -0.941. The minimum Gasteiger partial charge on any atom is -0.508 e. The summed E-state index contributed by atoms with van der Waals surface area (Å²) in [5.41, 5.74) is 4.67. The number of rotatable bonds is 4. The second-order valence-electron chi connectivity index (χ2n) is 7.39. The van der Waals surface area contributed by atoms with E-state index < -0.39 is 5.97 Å². The van der Waals surface area contributed by atoms with Gasteiger partial charge >= 0.3 is 5.97 Å². The SMILES string of the molecule is CC(=N/C=C(\C)c1ccc(O)c(C(C)(C)C)c1)c1ccc(C(=O)O)cc1. The molecular formula is C22H25NO3. The lowest BCUT2D eigenvalue weighted by atomic mass is 9.85. The number of carboxylic acid groups (broad SMARTS) is 1. The van der Waals surface area contributed by atoms with Crippen molar-refractivity contribution in [3.05, 3.63) is 70.9 Å². The van der Waals surface area contributed by atoms with Crippen LogP contribution < -0.4 is 0 Å². The average Bonchev–Trinajstić information content (AvgIpc) is 2.58.